The Labute approximate surface area is 194 Å². The van der Waals surface area contributed by atoms with Crippen molar-refractivity contribution in [2.75, 3.05) is 0 Å². The van der Waals surface area contributed by atoms with E-state index < -0.39 is 29.1 Å². The summed E-state index contributed by atoms with van der Waals surface area (Å²) in [6, 6.07) is 5.69. The number of amides is 2. The SMILES string of the molecule is CC(C)(C)N(C(=O)O)C(c1nc2cccc(Cl)c2c(=O)n1-c1cncc(C(N)=O)c1)C1CC1. The Morgan fingerprint density at radius 1 is 1.27 bits per heavy atom. The molecule has 10 heteroatoms. The fourth-order valence-electron chi connectivity index (χ4n) is 4.11. The third-order valence-corrected chi connectivity index (χ3v) is 5.99. The smallest absolute Gasteiger partial charge is 0.408 e. The Hall–Kier alpha value is -3.46. The van der Waals surface area contributed by atoms with Crippen molar-refractivity contribution in [3.05, 3.63) is 63.4 Å². The Bertz CT molecular complexity index is 1330. The number of carboxylic acid groups (broad SMARTS) is 1. The van der Waals surface area contributed by atoms with Crippen LogP contribution in [-0.2, 0) is 0 Å². The average Bonchev–Trinajstić information content (AvgIpc) is 3.55. The zero-order valence-corrected chi connectivity index (χ0v) is 19.2. The van der Waals surface area contributed by atoms with Crippen LogP contribution in [0.3, 0.4) is 0 Å². The molecule has 0 bridgehead atoms. The summed E-state index contributed by atoms with van der Waals surface area (Å²) >= 11 is 6.35. The number of rotatable bonds is 5. The van der Waals surface area contributed by atoms with Crippen LogP contribution in [0.25, 0.3) is 16.6 Å². The predicted octanol–water partition coefficient (Wildman–Crippen LogP) is 3.76. The van der Waals surface area contributed by atoms with E-state index in [9.17, 15) is 19.5 Å². The summed E-state index contributed by atoms with van der Waals surface area (Å²) in [7, 11) is 0. The van der Waals surface area contributed by atoms with Crippen LogP contribution in [0.1, 0.15) is 55.8 Å². The van der Waals surface area contributed by atoms with Crippen molar-refractivity contribution >= 4 is 34.5 Å². The van der Waals surface area contributed by atoms with E-state index in [4.69, 9.17) is 22.3 Å². The summed E-state index contributed by atoms with van der Waals surface area (Å²) in [6.45, 7) is 5.39. The van der Waals surface area contributed by atoms with E-state index in [0.717, 1.165) is 12.8 Å². The molecule has 1 aliphatic rings. The lowest BCUT2D eigenvalue weighted by atomic mass is 9.99. The van der Waals surface area contributed by atoms with Crippen LogP contribution >= 0.6 is 11.6 Å². The van der Waals surface area contributed by atoms with Gasteiger partial charge in [0.15, 0.2) is 0 Å². The molecule has 0 aliphatic heterocycles. The van der Waals surface area contributed by atoms with Crippen LogP contribution in [0.5, 0.6) is 0 Å². The molecule has 2 amide bonds. The zero-order valence-electron chi connectivity index (χ0n) is 18.4. The molecular formula is C23H24ClN5O4. The Balaban J connectivity index is 2.10. The highest BCUT2D eigenvalue weighted by atomic mass is 35.5. The highest BCUT2D eigenvalue weighted by Gasteiger charge is 2.45. The van der Waals surface area contributed by atoms with Crippen molar-refractivity contribution in [3.63, 3.8) is 0 Å². The molecule has 0 radical (unpaired) electrons. The first-order valence-electron chi connectivity index (χ1n) is 10.5. The number of hydrogen-bond donors (Lipinski definition) is 2. The predicted molar refractivity (Wildman–Crippen MR) is 124 cm³/mol. The second kappa shape index (κ2) is 8.15. The maximum absolute atomic E-state index is 13.8. The molecule has 1 fully saturated rings. The largest absolute Gasteiger partial charge is 0.465 e. The summed E-state index contributed by atoms with van der Waals surface area (Å²) in [6.07, 6.45) is 3.19. The van der Waals surface area contributed by atoms with Gasteiger partial charge in [-0.05, 0) is 57.7 Å². The molecule has 1 aliphatic carbocycles. The van der Waals surface area contributed by atoms with Gasteiger partial charge in [0.1, 0.15) is 5.82 Å². The molecule has 0 saturated heterocycles. The monoisotopic (exact) mass is 469 g/mol. The number of aromatic nitrogens is 3. The molecule has 1 atom stereocenters. The minimum atomic E-state index is -1.12. The van der Waals surface area contributed by atoms with Gasteiger partial charge in [0.05, 0.1) is 39.4 Å². The maximum Gasteiger partial charge on any atom is 0.408 e. The van der Waals surface area contributed by atoms with Gasteiger partial charge in [-0.1, -0.05) is 17.7 Å². The summed E-state index contributed by atoms with van der Waals surface area (Å²) in [5.41, 5.74) is 4.91. The number of carbonyl (C=O) groups is 2. The molecule has 172 valence electrons. The Morgan fingerprint density at radius 2 is 1.97 bits per heavy atom. The third kappa shape index (κ3) is 4.16. The number of nitrogens with two attached hydrogens (primary N) is 1. The number of halogens is 1. The molecule has 2 heterocycles. The first-order chi connectivity index (χ1) is 15.5. The van der Waals surface area contributed by atoms with Crippen LogP contribution in [0.2, 0.25) is 5.02 Å². The van der Waals surface area contributed by atoms with E-state index in [1.807, 2.05) is 0 Å². The highest BCUT2D eigenvalue weighted by molar-refractivity contribution is 6.35. The number of pyridine rings is 1. The van der Waals surface area contributed by atoms with E-state index in [2.05, 4.69) is 4.98 Å². The first-order valence-corrected chi connectivity index (χ1v) is 10.9. The van der Waals surface area contributed by atoms with E-state index >= 15 is 0 Å². The van der Waals surface area contributed by atoms with E-state index in [1.165, 1.54) is 27.9 Å². The van der Waals surface area contributed by atoms with Crippen LogP contribution in [0.15, 0.2) is 41.5 Å². The lowest BCUT2D eigenvalue weighted by molar-refractivity contribution is 0.0581. The summed E-state index contributed by atoms with van der Waals surface area (Å²) < 4.78 is 1.30. The van der Waals surface area contributed by atoms with Crippen molar-refractivity contribution in [3.8, 4) is 5.69 Å². The minimum absolute atomic E-state index is 0.0117. The Morgan fingerprint density at radius 3 is 2.55 bits per heavy atom. The summed E-state index contributed by atoms with van der Waals surface area (Å²) in [5.74, 6) is -0.466. The van der Waals surface area contributed by atoms with Crippen LogP contribution in [-0.4, -0.2) is 42.1 Å². The molecule has 9 nitrogen and oxygen atoms in total. The average molecular weight is 470 g/mol. The van der Waals surface area contributed by atoms with Crippen molar-refractivity contribution in [1.29, 1.82) is 0 Å². The number of hydrogen-bond acceptors (Lipinski definition) is 5. The van der Waals surface area contributed by atoms with Gasteiger partial charge in [0.2, 0.25) is 5.91 Å². The second-order valence-electron chi connectivity index (χ2n) is 9.15. The molecule has 1 saturated carbocycles. The molecule has 3 aromatic rings. The van der Waals surface area contributed by atoms with Crippen LogP contribution < -0.4 is 11.3 Å². The highest BCUT2D eigenvalue weighted by Crippen LogP contribution is 2.46. The Kier molecular flexibility index (Phi) is 5.61. The van der Waals surface area contributed by atoms with Gasteiger partial charge in [-0.15, -0.1) is 0 Å². The van der Waals surface area contributed by atoms with Crippen molar-refractivity contribution in [1.82, 2.24) is 19.4 Å². The maximum atomic E-state index is 13.8. The topological polar surface area (TPSA) is 131 Å². The van der Waals surface area contributed by atoms with Crippen LogP contribution in [0.4, 0.5) is 4.79 Å². The van der Waals surface area contributed by atoms with Gasteiger partial charge >= 0.3 is 6.09 Å². The lowest BCUT2D eigenvalue weighted by Crippen LogP contribution is -2.49. The van der Waals surface area contributed by atoms with Crippen molar-refractivity contribution < 1.29 is 14.7 Å². The molecule has 2 aromatic heterocycles. The number of carbonyl (C=O) groups excluding carboxylic acids is 1. The molecule has 0 spiro atoms. The molecule has 1 unspecified atom stereocenters. The fraction of sp³-hybridized carbons (Fsp3) is 0.348. The standard InChI is InChI=1S/C23H24ClN5O4/c1-23(2,3)29(22(32)33)18(12-7-8-12)20-27-16-6-4-5-15(24)17(16)21(31)28(20)14-9-13(19(25)30)10-26-11-14/h4-6,9-12,18H,7-8H2,1-3H3,(H2,25,30)(H,32,33). The zero-order chi connectivity index (χ0) is 24.1. The fourth-order valence-corrected chi connectivity index (χ4v) is 4.36. The summed E-state index contributed by atoms with van der Waals surface area (Å²) in [5, 5.41) is 10.6. The van der Waals surface area contributed by atoms with E-state index in [1.54, 1.807) is 39.0 Å². The van der Waals surface area contributed by atoms with E-state index in [0.29, 0.717) is 5.52 Å². The first kappa shape index (κ1) is 22.7. The third-order valence-electron chi connectivity index (χ3n) is 5.68. The minimum Gasteiger partial charge on any atom is -0.465 e. The number of fused-ring (bicyclic) bond motifs is 1. The van der Waals surface area contributed by atoms with Crippen molar-refractivity contribution in [2.45, 2.75) is 45.2 Å². The molecule has 1 aromatic carbocycles. The van der Waals surface area contributed by atoms with Gasteiger partial charge in [-0.3, -0.25) is 24.0 Å². The number of benzene rings is 1. The molecular weight excluding hydrogens is 446 g/mol. The second-order valence-corrected chi connectivity index (χ2v) is 9.55. The normalized spacial score (nSPS) is 14.8. The summed E-state index contributed by atoms with van der Waals surface area (Å²) in [4.78, 5) is 48.1. The number of nitrogens with zero attached hydrogens (tertiary/aromatic N) is 4. The van der Waals surface area contributed by atoms with Gasteiger partial charge in [-0.2, -0.15) is 0 Å². The molecule has 4 rings (SSSR count). The van der Waals surface area contributed by atoms with E-state index in [-0.39, 0.29) is 33.4 Å². The van der Waals surface area contributed by atoms with Crippen LogP contribution in [0, 0.1) is 5.92 Å². The molecule has 3 N–H and O–H groups in total. The van der Waals surface area contributed by atoms with Gasteiger partial charge in [0.25, 0.3) is 5.56 Å². The number of primary amides is 1. The van der Waals surface area contributed by atoms with Crippen molar-refractivity contribution in [2.24, 2.45) is 11.7 Å². The van der Waals surface area contributed by atoms with Gasteiger partial charge in [0, 0.05) is 11.7 Å². The quantitative estimate of drug-likeness (QED) is 0.584. The van der Waals surface area contributed by atoms with Gasteiger partial charge in [-0.25, -0.2) is 9.78 Å². The lowest BCUT2D eigenvalue weighted by Gasteiger charge is -2.40. The molecule has 33 heavy (non-hydrogen) atoms. The van der Waals surface area contributed by atoms with Gasteiger partial charge < -0.3 is 10.8 Å².